The van der Waals surface area contributed by atoms with Crippen molar-refractivity contribution in [2.75, 3.05) is 36.5 Å². The molecule has 2 amide bonds. The summed E-state index contributed by atoms with van der Waals surface area (Å²) in [7, 11) is 0. The first-order valence-corrected chi connectivity index (χ1v) is 11.3. The number of aliphatic hydroxyl groups is 2. The molecule has 0 radical (unpaired) electrons. The van der Waals surface area contributed by atoms with Crippen LogP contribution in [0.25, 0.3) is 10.2 Å². The summed E-state index contributed by atoms with van der Waals surface area (Å²) < 4.78 is 28.8. The average Bonchev–Trinajstić information content (AvgIpc) is 3.14. The molecule has 1 aliphatic heterocycles. The molecule has 3 aromatic rings. The maximum absolute atomic E-state index is 14.7. The van der Waals surface area contributed by atoms with Crippen molar-refractivity contribution in [3.63, 3.8) is 0 Å². The van der Waals surface area contributed by atoms with Crippen LogP contribution in [0, 0.1) is 11.6 Å². The highest BCUT2D eigenvalue weighted by Crippen LogP contribution is 2.30. The number of pyridine rings is 1. The van der Waals surface area contributed by atoms with Gasteiger partial charge in [-0.25, -0.2) is 23.5 Å². The van der Waals surface area contributed by atoms with Crippen LogP contribution in [0.2, 0.25) is 0 Å². The summed E-state index contributed by atoms with van der Waals surface area (Å²) in [6.07, 6.45) is 0.630. The summed E-state index contributed by atoms with van der Waals surface area (Å²) in [6.45, 7) is 4.44. The van der Waals surface area contributed by atoms with E-state index in [4.69, 9.17) is 5.11 Å². The molecule has 0 aliphatic carbocycles. The van der Waals surface area contributed by atoms with Gasteiger partial charge in [-0.3, -0.25) is 5.32 Å². The van der Waals surface area contributed by atoms with Gasteiger partial charge in [-0.1, -0.05) is 11.3 Å². The van der Waals surface area contributed by atoms with Gasteiger partial charge in [-0.2, -0.15) is 0 Å². The minimum atomic E-state index is -0.965. The summed E-state index contributed by atoms with van der Waals surface area (Å²) in [4.78, 5) is 25.0. The Bertz CT molecular complexity index is 1170. The lowest BCUT2D eigenvalue weighted by Crippen LogP contribution is -2.62. The van der Waals surface area contributed by atoms with Crippen molar-refractivity contribution in [2.24, 2.45) is 0 Å². The van der Waals surface area contributed by atoms with Gasteiger partial charge in [0.05, 0.1) is 28.5 Å². The molecular formula is C22H25F2N5O3S. The van der Waals surface area contributed by atoms with E-state index < -0.39 is 24.1 Å². The second-order valence-electron chi connectivity index (χ2n) is 8.64. The van der Waals surface area contributed by atoms with Crippen LogP contribution in [-0.4, -0.2) is 69.0 Å². The zero-order chi connectivity index (χ0) is 23.8. The fourth-order valence-electron chi connectivity index (χ4n) is 3.97. The number of thiazole rings is 1. The van der Waals surface area contributed by atoms with E-state index in [0.717, 1.165) is 0 Å². The van der Waals surface area contributed by atoms with E-state index in [9.17, 15) is 18.7 Å². The highest BCUT2D eigenvalue weighted by Gasteiger charge is 2.38. The van der Waals surface area contributed by atoms with Gasteiger partial charge < -0.3 is 20.0 Å². The SMILES string of the molecule is CC1(C)CN(c2ncc(C[C@@H](O)CO)cc2F)CCN1C(=O)Nc1nc2ccc(F)cc2s1. The van der Waals surface area contributed by atoms with Crippen LogP contribution in [0.15, 0.2) is 30.5 Å². The van der Waals surface area contributed by atoms with Crippen LogP contribution in [0.4, 0.5) is 24.5 Å². The van der Waals surface area contributed by atoms with E-state index in [-0.39, 0.29) is 24.1 Å². The number of hydrogen-bond acceptors (Lipinski definition) is 7. The van der Waals surface area contributed by atoms with Gasteiger partial charge in [-0.05, 0) is 43.7 Å². The third kappa shape index (κ3) is 5.05. The van der Waals surface area contributed by atoms with E-state index in [0.29, 0.717) is 40.5 Å². The molecule has 1 fully saturated rings. The van der Waals surface area contributed by atoms with E-state index in [1.165, 1.54) is 35.7 Å². The number of aromatic nitrogens is 2. The Kier molecular flexibility index (Phi) is 6.46. The number of piperazine rings is 1. The highest BCUT2D eigenvalue weighted by atomic mass is 32.1. The first kappa shape index (κ1) is 23.3. The summed E-state index contributed by atoms with van der Waals surface area (Å²) in [5.41, 5.74) is 0.466. The van der Waals surface area contributed by atoms with E-state index in [1.54, 1.807) is 15.9 Å². The molecule has 1 aromatic carbocycles. The average molecular weight is 478 g/mol. The normalized spacial score (nSPS) is 16.8. The monoisotopic (exact) mass is 477 g/mol. The smallest absolute Gasteiger partial charge is 0.324 e. The Morgan fingerprint density at radius 1 is 1.30 bits per heavy atom. The molecule has 33 heavy (non-hydrogen) atoms. The molecule has 0 unspecified atom stereocenters. The third-order valence-electron chi connectivity index (χ3n) is 5.57. The van der Waals surface area contributed by atoms with Crippen molar-refractivity contribution in [3.05, 3.63) is 47.7 Å². The maximum Gasteiger partial charge on any atom is 0.324 e. The van der Waals surface area contributed by atoms with Crippen molar-refractivity contribution in [1.82, 2.24) is 14.9 Å². The largest absolute Gasteiger partial charge is 0.394 e. The number of hydrogen-bond donors (Lipinski definition) is 3. The predicted molar refractivity (Wildman–Crippen MR) is 123 cm³/mol. The number of urea groups is 1. The lowest BCUT2D eigenvalue weighted by Gasteiger charge is -2.47. The van der Waals surface area contributed by atoms with Gasteiger partial charge in [0.1, 0.15) is 5.82 Å². The van der Waals surface area contributed by atoms with E-state index >= 15 is 0 Å². The fourth-order valence-corrected chi connectivity index (χ4v) is 4.85. The molecule has 3 heterocycles. The molecule has 176 valence electrons. The van der Waals surface area contributed by atoms with Crippen LogP contribution in [0.3, 0.4) is 0 Å². The maximum atomic E-state index is 14.7. The second kappa shape index (κ2) is 9.16. The van der Waals surface area contributed by atoms with Crippen LogP contribution in [-0.2, 0) is 6.42 Å². The third-order valence-corrected chi connectivity index (χ3v) is 6.51. The molecule has 4 rings (SSSR count). The number of carbonyl (C=O) groups is 1. The number of anilines is 2. The van der Waals surface area contributed by atoms with Crippen LogP contribution in [0.1, 0.15) is 19.4 Å². The first-order chi connectivity index (χ1) is 15.7. The second-order valence-corrected chi connectivity index (χ2v) is 9.67. The molecule has 0 bridgehead atoms. The fraction of sp³-hybridized carbons (Fsp3) is 0.409. The van der Waals surface area contributed by atoms with Gasteiger partial charge in [-0.15, -0.1) is 0 Å². The molecule has 8 nitrogen and oxygen atoms in total. The summed E-state index contributed by atoms with van der Waals surface area (Å²) >= 11 is 1.20. The van der Waals surface area contributed by atoms with Crippen LogP contribution >= 0.6 is 11.3 Å². The Balaban J connectivity index is 1.44. The van der Waals surface area contributed by atoms with Gasteiger partial charge in [0.25, 0.3) is 0 Å². The number of nitrogens with one attached hydrogen (secondary N) is 1. The molecule has 0 spiro atoms. The van der Waals surface area contributed by atoms with Crippen molar-refractivity contribution in [2.45, 2.75) is 31.9 Å². The molecule has 1 atom stereocenters. The Labute approximate surface area is 193 Å². The number of rotatable bonds is 5. The molecule has 1 aliphatic rings. The molecule has 3 N–H and O–H groups in total. The molecule has 11 heteroatoms. The van der Waals surface area contributed by atoms with Crippen molar-refractivity contribution in [3.8, 4) is 0 Å². The lowest BCUT2D eigenvalue weighted by atomic mass is 9.99. The zero-order valence-corrected chi connectivity index (χ0v) is 19.1. The number of nitrogens with zero attached hydrogens (tertiary/aromatic N) is 4. The van der Waals surface area contributed by atoms with Gasteiger partial charge in [0.2, 0.25) is 0 Å². The van der Waals surface area contributed by atoms with Crippen molar-refractivity contribution >= 4 is 38.5 Å². The van der Waals surface area contributed by atoms with Crippen LogP contribution in [0.5, 0.6) is 0 Å². The number of benzene rings is 1. The predicted octanol–water partition coefficient (Wildman–Crippen LogP) is 3.00. The minimum absolute atomic E-state index is 0.110. The number of amides is 2. The number of aliphatic hydroxyl groups excluding tert-OH is 2. The van der Waals surface area contributed by atoms with Gasteiger partial charge in [0.15, 0.2) is 16.8 Å². The van der Waals surface area contributed by atoms with E-state index in [2.05, 4.69) is 15.3 Å². The molecular weight excluding hydrogens is 452 g/mol. The van der Waals surface area contributed by atoms with Crippen molar-refractivity contribution in [1.29, 1.82) is 0 Å². The number of fused-ring (bicyclic) bond motifs is 1. The van der Waals surface area contributed by atoms with Crippen molar-refractivity contribution < 1.29 is 23.8 Å². The topological polar surface area (TPSA) is 102 Å². The van der Waals surface area contributed by atoms with Crippen LogP contribution < -0.4 is 10.2 Å². The Morgan fingerprint density at radius 2 is 2.09 bits per heavy atom. The Hall–Kier alpha value is -2.89. The van der Waals surface area contributed by atoms with Gasteiger partial charge >= 0.3 is 6.03 Å². The summed E-state index contributed by atoms with van der Waals surface area (Å²) in [6, 6.07) is 5.24. The Morgan fingerprint density at radius 3 is 2.79 bits per heavy atom. The van der Waals surface area contributed by atoms with Gasteiger partial charge in [0, 0.05) is 32.3 Å². The number of halogens is 2. The minimum Gasteiger partial charge on any atom is -0.394 e. The lowest BCUT2D eigenvalue weighted by molar-refractivity contribution is 0.0954. The van der Waals surface area contributed by atoms with E-state index in [1.807, 2.05) is 13.8 Å². The zero-order valence-electron chi connectivity index (χ0n) is 18.3. The highest BCUT2D eigenvalue weighted by molar-refractivity contribution is 7.22. The standard InChI is InChI=1S/C22H25F2N5O3S/c1-22(2)12-28(19-16(24)8-13(10-25-19)7-15(31)11-30)5-6-29(22)21(32)27-20-26-17-4-3-14(23)9-18(17)33-20/h3-4,8-10,15,30-31H,5-7,11-12H2,1-2H3,(H,26,27,32)/t15-/m1/s1. The molecule has 1 saturated heterocycles. The first-order valence-electron chi connectivity index (χ1n) is 10.5. The quantitative estimate of drug-likeness (QED) is 0.522. The summed E-state index contributed by atoms with van der Waals surface area (Å²) in [5, 5.41) is 21.7. The summed E-state index contributed by atoms with van der Waals surface area (Å²) in [5.74, 6) is -0.702. The molecule has 0 saturated carbocycles. The molecule has 2 aromatic heterocycles. The number of carbonyl (C=O) groups excluding carboxylic acids is 1.